The highest BCUT2D eigenvalue weighted by atomic mass is 16.5. The highest BCUT2D eigenvalue weighted by Gasteiger charge is 2.12. The lowest BCUT2D eigenvalue weighted by Crippen LogP contribution is -2.07. The fraction of sp³-hybridized carbons (Fsp3) is 1.00. The number of rotatable bonds is 1. The van der Waals surface area contributed by atoms with Gasteiger partial charge in [-0.25, -0.2) is 0 Å². The Morgan fingerprint density at radius 3 is 2.86 bits per heavy atom. The second-order valence-electron chi connectivity index (χ2n) is 1.72. The van der Waals surface area contributed by atoms with Gasteiger partial charge in [0.1, 0.15) is 0 Å². The van der Waals surface area contributed by atoms with Crippen molar-refractivity contribution in [2.75, 3.05) is 20.3 Å². The van der Waals surface area contributed by atoms with Crippen LogP contribution in [0.25, 0.3) is 0 Å². The van der Waals surface area contributed by atoms with Gasteiger partial charge in [-0.2, -0.15) is 0 Å². The van der Waals surface area contributed by atoms with E-state index in [1.165, 1.54) is 0 Å². The lowest BCUT2D eigenvalue weighted by molar-refractivity contribution is 0.0822. The molecule has 42 valence electrons. The van der Waals surface area contributed by atoms with Gasteiger partial charge in [-0.05, 0) is 6.42 Å². The molecule has 1 heterocycles. The van der Waals surface area contributed by atoms with Gasteiger partial charge in [0.25, 0.3) is 0 Å². The van der Waals surface area contributed by atoms with Crippen molar-refractivity contribution in [1.29, 1.82) is 0 Å². The molecule has 1 aliphatic rings. The van der Waals surface area contributed by atoms with E-state index in [-0.39, 0.29) is 0 Å². The predicted molar refractivity (Wildman–Crippen MR) is 26.2 cm³/mol. The second kappa shape index (κ2) is 2.28. The Morgan fingerprint density at radius 1 is 1.71 bits per heavy atom. The van der Waals surface area contributed by atoms with Crippen molar-refractivity contribution in [2.24, 2.45) is 0 Å². The minimum atomic E-state index is 0.375. The summed E-state index contributed by atoms with van der Waals surface area (Å²) < 4.78 is 10.0. The predicted octanol–water partition coefficient (Wildman–Crippen LogP) is 0.422. The molecule has 0 spiro atoms. The highest BCUT2D eigenvalue weighted by molar-refractivity contribution is 4.60. The van der Waals surface area contributed by atoms with Gasteiger partial charge in [-0.15, -0.1) is 0 Å². The Balaban J connectivity index is 2.14. The number of hydrogen-bond donors (Lipinski definition) is 0. The van der Waals surface area contributed by atoms with Crippen LogP contribution >= 0.6 is 0 Å². The Bertz CT molecular complexity index is 48.0. The first-order chi connectivity index (χ1) is 3.43. The molecular formula is C5H10O2. The zero-order valence-electron chi connectivity index (χ0n) is 4.52. The summed E-state index contributed by atoms with van der Waals surface area (Å²) in [5, 5.41) is 0. The first-order valence-corrected chi connectivity index (χ1v) is 2.54. The molecule has 1 atom stereocenters. The van der Waals surface area contributed by atoms with Crippen LogP contribution in [-0.4, -0.2) is 26.4 Å². The van der Waals surface area contributed by atoms with Gasteiger partial charge in [-0.1, -0.05) is 0 Å². The van der Waals surface area contributed by atoms with E-state index in [1.807, 2.05) is 0 Å². The van der Waals surface area contributed by atoms with Crippen molar-refractivity contribution in [1.82, 2.24) is 0 Å². The van der Waals surface area contributed by atoms with Crippen molar-refractivity contribution >= 4 is 0 Å². The van der Waals surface area contributed by atoms with E-state index in [2.05, 4.69) is 0 Å². The normalized spacial score (nSPS) is 31.3. The Morgan fingerprint density at radius 2 is 2.57 bits per heavy atom. The molecule has 0 radical (unpaired) electrons. The summed E-state index contributed by atoms with van der Waals surface area (Å²) in [6, 6.07) is 0. The molecule has 1 unspecified atom stereocenters. The van der Waals surface area contributed by atoms with Crippen LogP contribution in [-0.2, 0) is 9.47 Å². The summed E-state index contributed by atoms with van der Waals surface area (Å²) in [5.74, 6) is 0. The molecule has 2 nitrogen and oxygen atoms in total. The molecule has 2 heteroatoms. The summed E-state index contributed by atoms with van der Waals surface area (Å²) in [4.78, 5) is 0. The maximum atomic E-state index is 5.02. The third-order valence-electron chi connectivity index (χ3n) is 1.22. The van der Waals surface area contributed by atoms with Crippen LogP contribution < -0.4 is 0 Å². The summed E-state index contributed by atoms with van der Waals surface area (Å²) in [7, 11) is 1.72. The van der Waals surface area contributed by atoms with Crippen LogP contribution in [0.15, 0.2) is 0 Å². The highest BCUT2D eigenvalue weighted by Crippen LogP contribution is 2.05. The van der Waals surface area contributed by atoms with Gasteiger partial charge in [0.2, 0.25) is 0 Å². The average Bonchev–Trinajstić information content (AvgIpc) is 2.14. The van der Waals surface area contributed by atoms with Crippen molar-refractivity contribution in [3.05, 3.63) is 0 Å². The van der Waals surface area contributed by atoms with Crippen molar-refractivity contribution < 1.29 is 9.47 Å². The zero-order chi connectivity index (χ0) is 5.11. The molecule has 0 amide bonds. The maximum Gasteiger partial charge on any atom is 0.0826 e. The van der Waals surface area contributed by atoms with E-state index in [0.29, 0.717) is 6.10 Å². The monoisotopic (exact) mass is 102 g/mol. The van der Waals surface area contributed by atoms with Crippen molar-refractivity contribution in [3.8, 4) is 0 Å². The van der Waals surface area contributed by atoms with Gasteiger partial charge >= 0.3 is 0 Å². The quantitative estimate of drug-likeness (QED) is 0.477. The van der Waals surface area contributed by atoms with Crippen LogP contribution in [0.1, 0.15) is 6.42 Å². The Labute approximate surface area is 43.4 Å². The van der Waals surface area contributed by atoms with Crippen molar-refractivity contribution in [3.63, 3.8) is 0 Å². The van der Waals surface area contributed by atoms with E-state index in [0.717, 1.165) is 19.6 Å². The Kier molecular flexibility index (Phi) is 1.65. The standard InChI is InChI=1S/C5H10O2/c1-6-5-2-3-7-4-5/h5H,2-4H2,1H3. The molecule has 0 saturated carbocycles. The van der Waals surface area contributed by atoms with Gasteiger partial charge in [0, 0.05) is 13.7 Å². The molecule has 0 aromatic heterocycles. The summed E-state index contributed by atoms with van der Waals surface area (Å²) in [6.45, 7) is 1.66. The molecule has 0 N–H and O–H groups in total. The topological polar surface area (TPSA) is 18.5 Å². The molecule has 0 aliphatic carbocycles. The minimum absolute atomic E-state index is 0.375. The van der Waals surface area contributed by atoms with Crippen LogP contribution in [0.3, 0.4) is 0 Å². The number of hydrogen-bond acceptors (Lipinski definition) is 2. The SMILES string of the molecule is COC1CCOC1. The van der Waals surface area contributed by atoms with E-state index in [9.17, 15) is 0 Å². The van der Waals surface area contributed by atoms with E-state index < -0.39 is 0 Å². The lowest BCUT2D eigenvalue weighted by Gasteiger charge is -2.00. The van der Waals surface area contributed by atoms with Crippen LogP contribution in [0.5, 0.6) is 0 Å². The number of methoxy groups -OCH3 is 1. The van der Waals surface area contributed by atoms with Gasteiger partial charge < -0.3 is 9.47 Å². The minimum Gasteiger partial charge on any atom is -0.379 e. The van der Waals surface area contributed by atoms with Crippen LogP contribution in [0.2, 0.25) is 0 Å². The molecule has 1 saturated heterocycles. The van der Waals surface area contributed by atoms with Crippen molar-refractivity contribution in [2.45, 2.75) is 12.5 Å². The van der Waals surface area contributed by atoms with E-state index >= 15 is 0 Å². The fourth-order valence-electron chi connectivity index (χ4n) is 0.699. The molecule has 1 aliphatic heterocycles. The van der Waals surface area contributed by atoms with Gasteiger partial charge in [0.15, 0.2) is 0 Å². The maximum absolute atomic E-state index is 5.02. The fourth-order valence-corrected chi connectivity index (χ4v) is 0.699. The second-order valence-corrected chi connectivity index (χ2v) is 1.72. The largest absolute Gasteiger partial charge is 0.379 e. The molecule has 0 bridgehead atoms. The van der Waals surface area contributed by atoms with Crippen LogP contribution in [0, 0.1) is 0 Å². The Hall–Kier alpha value is -0.0800. The van der Waals surface area contributed by atoms with Gasteiger partial charge in [-0.3, -0.25) is 0 Å². The zero-order valence-corrected chi connectivity index (χ0v) is 4.52. The van der Waals surface area contributed by atoms with Crippen LogP contribution in [0.4, 0.5) is 0 Å². The molecule has 1 rings (SSSR count). The molecular weight excluding hydrogens is 92.1 g/mol. The molecule has 7 heavy (non-hydrogen) atoms. The first-order valence-electron chi connectivity index (χ1n) is 2.54. The smallest absolute Gasteiger partial charge is 0.0826 e. The molecule has 0 aromatic rings. The third kappa shape index (κ3) is 1.14. The first kappa shape index (κ1) is 5.06. The molecule has 0 aromatic carbocycles. The molecule has 1 fully saturated rings. The van der Waals surface area contributed by atoms with E-state index in [1.54, 1.807) is 7.11 Å². The average molecular weight is 102 g/mol. The van der Waals surface area contributed by atoms with Gasteiger partial charge in [0.05, 0.1) is 12.7 Å². The summed E-state index contributed by atoms with van der Waals surface area (Å²) in [6.07, 6.45) is 1.44. The number of ether oxygens (including phenoxy) is 2. The summed E-state index contributed by atoms with van der Waals surface area (Å²) in [5.41, 5.74) is 0. The third-order valence-corrected chi connectivity index (χ3v) is 1.22. The summed E-state index contributed by atoms with van der Waals surface area (Å²) >= 11 is 0. The lowest BCUT2D eigenvalue weighted by atomic mass is 10.3. The van der Waals surface area contributed by atoms with E-state index in [4.69, 9.17) is 9.47 Å².